The second-order valence-electron chi connectivity index (χ2n) is 5.10. The Balaban J connectivity index is 1.82. The average Bonchev–Trinajstić information content (AvgIpc) is 2.58. The molecular weight excluding hydrogens is 310 g/mol. The zero-order valence-corrected chi connectivity index (χ0v) is 13.2. The second-order valence-corrected chi connectivity index (χ2v) is 5.49. The first-order chi connectivity index (χ1) is 11.2. The second kappa shape index (κ2) is 7.06. The number of hydrogen-bond donors (Lipinski definition) is 1. The molecule has 0 fully saturated rings. The zero-order valence-electron chi connectivity index (χ0n) is 12.3. The fourth-order valence-electron chi connectivity index (χ4n) is 2.27. The standard InChI is InChI=1S/C16H15N5OS/c22-15-13(7-12-8-17-11-18-9-12)10-21(16(23)20-15)6-4-14-3-1-2-5-19-14/h1-3,5,8-11H,4,6-7H2,(H,20,22,23). The van der Waals surface area contributed by atoms with Gasteiger partial charge in [0.15, 0.2) is 4.77 Å². The molecule has 3 heterocycles. The van der Waals surface area contributed by atoms with Gasteiger partial charge in [0.1, 0.15) is 6.33 Å². The highest BCUT2D eigenvalue weighted by atomic mass is 32.1. The van der Waals surface area contributed by atoms with Gasteiger partial charge in [0.25, 0.3) is 5.56 Å². The van der Waals surface area contributed by atoms with Crippen molar-refractivity contribution in [3.63, 3.8) is 0 Å². The van der Waals surface area contributed by atoms with Gasteiger partial charge in [-0.1, -0.05) is 6.07 Å². The van der Waals surface area contributed by atoms with Crippen LogP contribution in [0, 0.1) is 4.77 Å². The molecule has 0 aliphatic carbocycles. The molecule has 6 nitrogen and oxygen atoms in total. The molecule has 3 aromatic rings. The number of rotatable bonds is 5. The Bertz CT molecular complexity index is 890. The number of nitrogens with one attached hydrogen (secondary N) is 1. The van der Waals surface area contributed by atoms with Gasteiger partial charge in [-0.2, -0.15) is 0 Å². The van der Waals surface area contributed by atoms with Crippen LogP contribution >= 0.6 is 12.2 Å². The molecule has 0 aliphatic heterocycles. The molecule has 3 rings (SSSR count). The summed E-state index contributed by atoms with van der Waals surface area (Å²) in [4.78, 5) is 27.0. The minimum Gasteiger partial charge on any atom is -0.324 e. The molecule has 3 aromatic heterocycles. The summed E-state index contributed by atoms with van der Waals surface area (Å²) in [6, 6.07) is 5.81. The van der Waals surface area contributed by atoms with Crippen molar-refractivity contribution in [3.8, 4) is 0 Å². The highest BCUT2D eigenvalue weighted by molar-refractivity contribution is 7.71. The smallest absolute Gasteiger partial charge is 0.255 e. The van der Waals surface area contributed by atoms with Crippen LogP contribution in [0.2, 0.25) is 0 Å². The van der Waals surface area contributed by atoms with E-state index >= 15 is 0 Å². The Morgan fingerprint density at radius 2 is 2.04 bits per heavy atom. The summed E-state index contributed by atoms with van der Waals surface area (Å²) >= 11 is 5.24. The van der Waals surface area contributed by atoms with Crippen molar-refractivity contribution in [2.24, 2.45) is 0 Å². The lowest BCUT2D eigenvalue weighted by atomic mass is 10.1. The minimum atomic E-state index is -0.173. The van der Waals surface area contributed by atoms with E-state index in [1.807, 2.05) is 22.8 Å². The molecule has 7 heteroatoms. The van der Waals surface area contributed by atoms with Crippen LogP contribution in [0.15, 0.2) is 54.1 Å². The van der Waals surface area contributed by atoms with Crippen LogP contribution in [0.4, 0.5) is 0 Å². The van der Waals surface area contributed by atoms with Crippen molar-refractivity contribution < 1.29 is 0 Å². The molecule has 1 N–H and O–H groups in total. The maximum Gasteiger partial charge on any atom is 0.255 e. The lowest BCUT2D eigenvalue weighted by Gasteiger charge is -2.09. The third-order valence-corrected chi connectivity index (χ3v) is 3.76. The van der Waals surface area contributed by atoms with E-state index < -0.39 is 0 Å². The largest absolute Gasteiger partial charge is 0.324 e. The van der Waals surface area contributed by atoms with Crippen molar-refractivity contribution in [1.29, 1.82) is 0 Å². The molecule has 0 saturated carbocycles. The molecule has 0 aliphatic rings. The van der Waals surface area contributed by atoms with Gasteiger partial charge < -0.3 is 4.57 Å². The summed E-state index contributed by atoms with van der Waals surface area (Å²) in [7, 11) is 0. The first kappa shape index (κ1) is 15.2. The van der Waals surface area contributed by atoms with Crippen LogP contribution in [0.1, 0.15) is 16.8 Å². The number of aryl methyl sites for hydroxylation is 2. The van der Waals surface area contributed by atoms with Gasteiger partial charge in [0, 0.05) is 55.4 Å². The lowest BCUT2D eigenvalue weighted by Crippen LogP contribution is -2.19. The van der Waals surface area contributed by atoms with Gasteiger partial charge >= 0.3 is 0 Å². The summed E-state index contributed by atoms with van der Waals surface area (Å²) < 4.78 is 2.28. The maximum absolute atomic E-state index is 12.1. The summed E-state index contributed by atoms with van der Waals surface area (Å²) in [5.41, 5.74) is 2.33. The average molecular weight is 325 g/mol. The maximum atomic E-state index is 12.1. The van der Waals surface area contributed by atoms with E-state index in [2.05, 4.69) is 19.9 Å². The molecule has 23 heavy (non-hydrogen) atoms. The molecule has 116 valence electrons. The van der Waals surface area contributed by atoms with Crippen molar-refractivity contribution in [1.82, 2.24) is 24.5 Å². The number of aromatic nitrogens is 5. The molecule has 0 aromatic carbocycles. The third-order valence-electron chi connectivity index (χ3n) is 3.43. The topological polar surface area (TPSA) is 76.5 Å². The van der Waals surface area contributed by atoms with Crippen molar-refractivity contribution in [2.75, 3.05) is 0 Å². The summed E-state index contributed by atoms with van der Waals surface area (Å²) in [5, 5.41) is 0. The predicted molar refractivity (Wildman–Crippen MR) is 88.7 cm³/mol. The first-order valence-electron chi connectivity index (χ1n) is 7.19. The van der Waals surface area contributed by atoms with Crippen molar-refractivity contribution in [2.45, 2.75) is 19.4 Å². The van der Waals surface area contributed by atoms with Crippen LogP contribution in [0.5, 0.6) is 0 Å². The zero-order chi connectivity index (χ0) is 16.1. The Morgan fingerprint density at radius 3 is 2.78 bits per heavy atom. The predicted octanol–water partition coefficient (Wildman–Crippen LogP) is 1.92. The SMILES string of the molecule is O=c1[nH]c(=S)n(CCc2ccccn2)cc1Cc1cncnc1. The van der Waals surface area contributed by atoms with Gasteiger partial charge in [0.2, 0.25) is 0 Å². The number of nitrogens with zero attached hydrogens (tertiary/aromatic N) is 4. The molecule has 0 unspecified atom stereocenters. The van der Waals surface area contributed by atoms with Gasteiger partial charge in [-0.05, 0) is 29.9 Å². The lowest BCUT2D eigenvalue weighted by molar-refractivity contribution is 0.648. The normalized spacial score (nSPS) is 10.6. The van der Waals surface area contributed by atoms with E-state index in [1.54, 1.807) is 24.8 Å². The van der Waals surface area contributed by atoms with Gasteiger partial charge in [-0.25, -0.2) is 9.97 Å². The Kier molecular flexibility index (Phi) is 4.68. The van der Waals surface area contributed by atoms with E-state index in [0.29, 0.717) is 23.3 Å². The van der Waals surface area contributed by atoms with Crippen LogP contribution < -0.4 is 5.56 Å². The van der Waals surface area contributed by atoms with E-state index in [4.69, 9.17) is 12.2 Å². The highest BCUT2D eigenvalue weighted by Crippen LogP contribution is 2.04. The molecule has 0 radical (unpaired) electrons. The van der Waals surface area contributed by atoms with Crippen molar-refractivity contribution in [3.05, 3.63) is 81.3 Å². The van der Waals surface area contributed by atoms with Crippen LogP contribution in [-0.4, -0.2) is 24.5 Å². The highest BCUT2D eigenvalue weighted by Gasteiger charge is 2.05. The van der Waals surface area contributed by atoms with Gasteiger partial charge in [0.05, 0.1) is 0 Å². The van der Waals surface area contributed by atoms with Crippen LogP contribution in [0.25, 0.3) is 0 Å². The molecule has 0 bridgehead atoms. The number of H-pyrrole nitrogens is 1. The quantitative estimate of drug-likeness (QED) is 0.725. The van der Waals surface area contributed by atoms with Crippen molar-refractivity contribution >= 4 is 12.2 Å². The monoisotopic (exact) mass is 325 g/mol. The van der Waals surface area contributed by atoms with Gasteiger partial charge in [-0.15, -0.1) is 0 Å². The minimum absolute atomic E-state index is 0.173. The first-order valence-corrected chi connectivity index (χ1v) is 7.59. The van der Waals surface area contributed by atoms with Crippen LogP contribution in [0.3, 0.4) is 0 Å². The van der Waals surface area contributed by atoms with E-state index in [9.17, 15) is 4.79 Å². The van der Waals surface area contributed by atoms with Gasteiger partial charge in [-0.3, -0.25) is 14.8 Å². The van der Waals surface area contributed by atoms with Crippen LogP contribution in [-0.2, 0) is 19.4 Å². The third kappa shape index (κ3) is 3.95. The van der Waals surface area contributed by atoms with E-state index in [1.165, 1.54) is 6.33 Å². The molecule has 0 amide bonds. The Morgan fingerprint density at radius 1 is 1.22 bits per heavy atom. The number of aromatic amines is 1. The molecule has 0 saturated heterocycles. The molecule has 0 atom stereocenters. The number of pyridine rings is 1. The molecular formula is C16H15N5OS. The molecule has 0 spiro atoms. The van der Waals surface area contributed by atoms with E-state index in [0.717, 1.165) is 17.7 Å². The summed E-state index contributed by atoms with van der Waals surface area (Å²) in [6.45, 7) is 0.658. The fourth-order valence-corrected chi connectivity index (χ4v) is 2.51. The summed E-state index contributed by atoms with van der Waals surface area (Å²) in [5.74, 6) is 0. The Labute approximate surface area is 137 Å². The Hall–Kier alpha value is -2.67. The number of hydrogen-bond acceptors (Lipinski definition) is 5. The summed E-state index contributed by atoms with van der Waals surface area (Å²) in [6.07, 6.45) is 9.65. The van der Waals surface area contributed by atoms with E-state index in [-0.39, 0.29) is 5.56 Å². The fraction of sp³-hybridized carbons (Fsp3) is 0.188.